The summed E-state index contributed by atoms with van der Waals surface area (Å²) in [5, 5.41) is 1.41. The van der Waals surface area contributed by atoms with Crippen LogP contribution >= 0.6 is 17.9 Å². The molecule has 0 atom stereocenters. The first-order chi connectivity index (χ1) is 14.7. The van der Waals surface area contributed by atoms with Crippen molar-refractivity contribution in [3.05, 3.63) is 42.5 Å². The minimum atomic E-state index is -2.26. The molecule has 0 bridgehead atoms. The van der Waals surface area contributed by atoms with Crippen LogP contribution in [0.4, 0.5) is 0 Å². The van der Waals surface area contributed by atoms with Crippen molar-refractivity contribution in [1.29, 1.82) is 0 Å². The Labute approximate surface area is 187 Å². The first kappa shape index (κ1) is 22.0. The number of benzene rings is 2. The van der Waals surface area contributed by atoms with Gasteiger partial charge in [0.05, 0.1) is 0 Å². The van der Waals surface area contributed by atoms with Crippen LogP contribution in [-0.2, 0) is 0 Å². The Kier molecular flexibility index (Phi) is 7.27. The van der Waals surface area contributed by atoms with Crippen LogP contribution in [0.1, 0.15) is 64.2 Å². The van der Waals surface area contributed by atoms with Crippen molar-refractivity contribution in [3.63, 3.8) is 0 Å². The molecule has 4 rings (SSSR count). The van der Waals surface area contributed by atoms with Crippen LogP contribution in [0.15, 0.2) is 42.5 Å². The molecule has 0 N–H and O–H groups in total. The number of ether oxygens (including phenoxy) is 2. The monoisotopic (exact) mass is 446 g/mol. The van der Waals surface area contributed by atoms with Gasteiger partial charge in [-0.2, -0.15) is 0 Å². The number of hydrogen-bond acceptors (Lipinski definition) is 2. The van der Waals surface area contributed by atoms with Gasteiger partial charge in [0.1, 0.15) is 0 Å². The predicted octanol–water partition coefficient (Wildman–Crippen LogP) is 7.57. The van der Waals surface area contributed by atoms with Crippen LogP contribution in [0.2, 0.25) is 0 Å². The van der Waals surface area contributed by atoms with Crippen molar-refractivity contribution < 1.29 is 9.47 Å². The van der Waals surface area contributed by atoms with E-state index in [2.05, 4.69) is 24.3 Å². The van der Waals surface area contributed by atoms with Crippen molar-refractivity contribution in [2.45, 2.75) is 75.5 Å². The summed E-state index contributed by atoms with van der Waals surface area (Å²) >= 11 is 8.03. The molecule has 2 saturated carbocycles. The van der Waals surface area contributed by atoms with E-state index in [4.69, 9.17) is 20.7 Å². The first-order valence-electron chi connectivity index (χ1n) is 11.7. The summed E-state index contributed by atoms with van der Waals surface area (Å²) in [6.45, 7) is -2.26. The normalized spacial score (nSPS) is 19.4. The number of halogens is 1. The van der Waals surface area contributed by atoms with Crippen molar-refractivity contribution in [2.75, 3.05) is 14.2 Å². The Morgan fingerprint density at radius 3 is 1.70 bits per heavy atom. The van der Waals surface area contributed by atoms with E-state index in [1.54, 1.807) is 14.2 Å². The average molecular weight is 447 g/mol. The molecule has 30 heavy (non-hydrogen) atoms. The molecule has 0 saturated heterocycles. The third kappa shape index (κ3) is 4.11. The summed E-state index contributed by atoms with van der Waals surface area (Å²) in [6, 6.07) is 15.0. The predicted molar refractivity (Wildman–Crippen MR) is 133 cm³/mol. The van der Waals surface area contributed by atoms with E-state index in [0.29, 0.717) is 11.3 Å². The van der Waals surface area contributed by atoms with Gasteiger partial charge in [-0.15, -0.1) is 0 Å². The fourth-order valence-electron chi connectivity index (χ4n) is 5.97. The summed E-state index contributed by atoms with van der Waals surface area (Å²) in [7, 11) is 3.49. The molecule has 2 nitrogen and oxygen atoms in total. The van der Waals surface area contributed by atoms with Crippen LogP contribution in [0.5, 0.6) is 11.5 Å². The molecule has 0 spiro atoms. The van der Waals surface area contributed by atoms with Gasteiger partial charge >= 0.3 is 187 Å². The molecule has 0 radical (unpaired) electrons. The quantitative estimate of drug-likeness (QED) is 0.426. The molecule has 0 amide bonds. The van der Waals surface area contributed by atoms with E-state index in [1.807, 2.05) is 18.2 Å². The molecule has 2 fully saturated rings. The molecule has 0 heterocycles. The number of methoxy groups -OCH3 is 2. The van der Waals surface area contributed by atoms with Crippen molar-refractivity contribution >= 4 is 23.2 Å². The SMILES string of the molecule is COc1cccc(OC)c1-c1ccccc1[PH](Cl)(C1CCCCC1)C1CCCCC1. The molecular formula is C26H36ClO2P. The molecule has 2 aromatic carbocycles. The van der Waals surface area contributed by atoms with Gasteiger partial charge in [0.2, 0.25) is 0 Å². The molecule has 164 valence electrons. The molecule has 2 aliphatic carbocycles. The summed E-state index contributed by atoms with van der Waals surface area (Å²) in [5.41, 5.74) is 3.61. The van der Waals surface area contributed by atoms with E-state index in [0.717, 1.165) is 17.1 Å². The minimum absolute atomic E-state index is 0.665. The average Bonchev–Trinajstić information content (AvgIpc) is 2.84. The van der Waals surface area contributed by atoms with E-state index in [1.165, 1.54) is 75.1 Å². The summed E-state index contributed by atoms with van der Waals surface area (Å²) < 4.78 is 11.6. The zero-order valence-corrected chi connectivity index (χ0v) is 20.2. The van der Waals surface area contributed by atoms with Crippen molar-refractivity contribution in [1.82, 2.24) is 0 Å². The fraction of sp³-hybridized carbons (Fsp3) is 0.538. The fourth-order valence-corrected chi connectivity index (χ4v) is 12.8. The van der Waals surface area contributed by atoms with Gasteiger partial charge in [-0.1, -0.05) is 0 Å². The summed E-state index contributed by atoms with van der Waals surface area (Å²) in [5.74, 6) is 1.73. The van der Waals surface area contributed by atoms with Gasteiger partial charge in [-0.25, -0.2) is 0 Å². The van der Waals surface area contributed by atoms with Crippen molar-refractivity contribution in [2.24, 2.45) is 0 Å². The maximum absolute atomic E-state index is 8.03. The Morgan fingerprint density at radius 2 is 1.20 bits per heavy atom. The van der Waals surface area contributed by atoms with Gasteiger partial charge < -0.3 is 0 Å². The van der Waals surface area contributed by atoms with E-state index in [9.17, 15) is 0 Å². The number of hydrogen-bond donors (Lipinski definition) is 0. The maximum atomic E-state index is 8.03. The van der Waals surface area contributed by atoms with Crippen molar-refractivity contribution in [3.8, 4) is 22.6 Å². The van der Waals surface area contributed by atoms with Gasteiger partial charge in [0, 0.05) is 0 Å². The molecule has 2 aliphatic rings. The van der Waals surface area contributed by atoms with Gasteiger partial charge in [-0.05, 0) is 0 Å². The van der Waals surface area contributed by atoms with E-state index < -0.39 is 6.62 Å². The Bertz CT molecular complexity index is 800. The van der Waals surface area contributed by atoms with Crippen LogP contribution in [0, 0.1) is 0 Å². The van der Waals surface area contributed by atoms with Gasteiger partial charge in [0.25, 0.3) is 0 Å². The van der Waals surface area contributed by atoms with Crippen LogP contribution in [0.3, 0.4) is 0 Å². The Morgan fingerprint density at radius 1 is 0.700 bits per heavy atom. The van der Waals surface area contributed by atoms with Crippen LogP contribution in [-0.4, -0.2) is 25.5 Å². The molecule has 0 aromatic heterocycles. The summed E-state index contributed by atoms with van der Waals surface area (Å²) in [6.07, 6.45) is 13.2. The Balaban J connectivity index is 1.90. The van der Waals surface area contributed by atoms with Crippen LogP contribution in [0.25, 0.3) is 11.1 Å². The second-order valence-corrected chi connectivity index (χ2v) is 14.6. The zero-order chi connectivity index (χ0) is 21.0. The Hall–Kier alpha value is -1.24. The van der Waals surface area contributed by atoms with Crippen LogP contribution < -0.4 is 14.8 Å². The topological polar surface area (TPSA) is 18.5 Å². The van der Waals surface area contributed by atoms with Gasteiger partial charge in [0.15, 0.2) is 0 Å². The molecule has 0 aliphatic heterocycles. The van der Waals surface area contributed by atoms with E-state index in [-0.39, 0.29) is 0 Å². The standard InChI is InChI=1S/C26H36ClO2P/c1-28-23-17-11-18-24(29-2)26(23)22-16-9-10-19-25(22)30(27,20-12-5-3-6-13-20)21-14-7-4-8-15-21/h9-11,16-21,30H,3-8,12-15H2,1-2H3. The molecule has 0 unspecified atom stereocenters. The number of rotatable bonds is 6. The second-order valence-electron chi connectivity index (χ2n) is 9.02. The van der Waals surface area contributed by atoms with E-state index >= 15 is 0 Å². The third-order valence-electron chi connectivity index (χ3n) is 7.44. The second kappa shape index (κ2) is 9.92. The van der Waals surface area contributed by atoms with Gasteiger partial charge in [-0.3, -0.25) is 0 Å². The third-order valence-corrected chi connectivity index (χ3v) is 14.7. The molecular weight excluding hydrogens is 411 g/mol. The molecule has 4 heteroatoms. The summed E-state index contributed by atoms with van der Waals surface area (Å²) in [4.78, 5) is 0. The molecule has 2 aromatic rings. The zero-order valence-electron chi connectivity index (χ0n) is 18.5. The first-order valence-corrected chi connectivity index (χ1v) is 14.9.